The van der Waals surface area contributed by atoms with Crippen molar-refractivity contribution in [3.05, 3.63) is 40.2 Å². The molecular formula is C12H15N3O2. The van der Waals surface area contributed by atoms with E-state index < -0.39 is 0 Å². The molecule has 2 rings (SSSR count). The van der Waals surface area contributed by atoms with Crippen LogP contribution < -0.4 is 10.9 Å². The van der Waals surface area contributed by atoms with Crippen LogP contribution in [-0.4, -0.2) is 16.5 Å². The maximum Gasteiger partial charge on any atom is 0.251 e. The van der Waals surface area contributed by atoms with Gasteiger partial charge in [-0.05, 0) is 19.5 Å². The van der Waals surface area contributed by atoms with Crippen molar-refractivity contribution in [1.82, 2.24) is 15.3 Å². The van der Waals surface area contributed by atoms with E-state index in [-0.39, 0.29) is 5.56 Å². The molecule has 0 spiro atoms. The van der Waals surface area contributed by atoms with Crippen molar-refractivity contribution in [1.29, 1.82) is 0 Å². The SMILES string of the molecule is CCNCc1cc(=O)[nH]c(-c2ccoc2C)n1. The minimum atomic E-state index is -0.150. The Morgan fingerprint density at radius 1 is 1.53 bits per heavy atom. The molecule has 0 aliphatic carbocycles. The van der Waals surface area contributed by atoms with Crippen LogP contribution >= 0.6 is 0 Å². The summed E-state index contributed by atoms with van der Waals surface area (Å²) in [5.74, 6) is 1.30. The summed E-state index contributed by atoms with van der Waals surface area (Å²) in [5, 5.41) is 3.14. The molecule has 0 aromatic carbocycles. The van der Waals surface area contributed by atoms with Crippen molar-refractivity contribution >= 4 is 0 Å². The fourth-order valence-corrected chi connectivity index (χ4v) is 1.61. The molecule has 0 saturated heterocycles. The number of aromatic nitrogens is 2. The van der Waals surface area contributed by atoms with Gasteiger partial charge >= 0.3 is 0 Å². The van der Waals surface area contributed by atoms with Crippen LogP contribution in [0.4, 0.5) is 0 Å². The molecule has 2 heterocycles. The molecule has 0 aliphatic rings. The number of H-pyrrole nitrogens is 1. The molecule has 0 amide bonds. The molecule has 0 saturated carbocycles. The predicted octanol–water partition coefficient (Wildman–Crippen LogP) is 1.45. The van der Waals surface area contributed by atoms with Gasteiger partial charge < -0.3 is 14.7 Å². The monoisotopic (exact) mass is 233 g/mol. The largest absolute Gasteiger partial charge is 0.469 e. The fraction of sp³-hybridized carbons (Fsp3) is 0.333. The first-order valence-electron chi connectivity index (χ1n) is 5.56. The third kappa shape index (κ3) is 2.62. The Morgan fingerprint density at radius 2 is 2.35 bits per heavy atom. The molecule has 5 nitrogen and oxygen atoms in total. The van der Waals surface area contributed by atoms with E-state index in [9.17, 15) is 4.79 Å². The summed E-state index contributed by atoms with van der Waals surface area (Å²) in [6.45, 7) is 5.28. The molecule has 2 aromatic heterocycles. The first-order chi connectivity index (χ1) is 8.20. The van der Waals surface area contributed by atoms with Gasteiger partial charge in [-0.15, -0.1) is 0 Å². The smallest absolute Gasteiger partial charge is 0.251 e. The summed E-state index contributed by atoms with van der Waals surface area (Å²) in [4.78, 5) is 18.6. The van der Waals surface area contributed by atoms with Crippen LogP contribution in [0.1, 0.15) is 18.4 Å². The van der Waals surface area contributed by atoms with Crippen molar-refractivity contribution in [2.24, 2.45) is 0 Å². The van der Waals surface area contributed by atoms with Crippen molar-refractivity contribution < 1.29 is 4.42 Å². The zero-order valence-electron chi connectivity index (χ0n) is 9.91. The number of hydrogen-bond acceptors (Lipinski definition) is 4. The van der Waals surface area contributed by atoms with Gasteiger partial charge in [0.25, 0.3) is 5.56 Å². The van der Waals surface area contributed by atoms with E-state index in [2.05, 4.69) is 15.3 Å². The van der Waals surface area contributed by atoms with Crippen LogP contribution in [0.25, 0.3) is 11.4 Å². The number of aromatic amines is 1. The summed E-state index contributed by atoms with van der Waals surface area (Å²) in [5.41, 5.74) is 1.40. The summed E-state index contributed by atoms with van der Waals surface area (Å²) in [6.07, 6.45) is 1.58. The van der Waals surface area contributed by atoms with Crippen molar-refractivity contribution in [2.75, 3.05) is 6.54 Å². The standard InChI is InChI=1S/C12H15N3O2/c1-3-13-7-9-6-11(16)15-12(14-9)10-4-5-17-8(10)2/h4-6,13H,3,7H2,1-2H3,(H,14,15,16). The van der Waals surface area contributed by atoms with Gasteiger partial charge in [0.05, 0.1) is 17.5 Å². The summed E-state index contributed by atoms with van der Waals surface area (Å²) >= 11 is 0. The average Bonchev–Trinajstić information content (AvgIpc) is 2.72. The Labute approximate surface area is 98.9 Å². The average molecular weight is 233 g/mol. The maximum absolute atomic E-state index is 11.5. The number of furan rings is 1. The van der Waals surface area contributed by atoms with Crippen LogP contribution in [0, 0.1) is 6.92 Å². The Bertz CT molecular complexity index is 557. The normalized spacial score (nSPS) is 10.7. The lowest BCUT2D eigenvalue weighted by Crippen LogP contribution is -2.17. The van der Waals surface area contributed by atoms with Crippen LogP contribution in [0.15, 0.2) is 27.6 Å². The van der Waals surface area contributed by atoms with E-state index >= 15 is 0 Å². The van der Waals surface area contributed by atoms with E-state index in [0.717, 1.165) is 23.6 Å². The molecule has 2 N–H and O–H groups in total. The Kier molecular flexibility index (Phi) is 3.39. The van der Waals surface area contributed by atoms with Gasteiger partial charge in [-0.2, -0.15) is 0 Å². The number of nitrogens with one attached hydrogen (secondary N) is 2. The summed E-state index contributed by atoms with van der Waals surface area (Å²) in [6, 6.07) is 3.30. The second-order valence-electron chi connectivity index (χ2n) is 3.76. The fourth-order valence-electron chi connectivity index (χ4n) is 1.61. The Balaban J connectivity index is 2.38. The first kappa shape index (κ1) is 11.6. The molecule has 0 atom stereocenters. The minimum Gasteiger partial charge on any atom is -0.469 e. The third-order valence-electron chi connectivity index (χ3n) is 2.46. The van der Waals surface area contributed by atoms with Crippen molar-refractivity contribution in [3.63, 3.8) is 0 Å². The van der Waals surface area contributed by atoms with Gasteiger partial charge in [0, 0.05) is 12.6 Å². The predicted molar refractivity (Wildman–Crippen MR) is 64.7 cm³/mol. The van der Waals surface area contributed by atoms with Gasteiger partial charge in [-0.25, -0.2) is 4.98 Å². The van der Waals surface area contributed by atoms with Crippen LogP contribution in [0.2, 0.25) is 0 Å². The van der Waals surface area contributed by atoms with Gasteiger partial charge in [0.1, 0.15) is 11.6 Å². The first-order valence-corrected chi connectivity index (χ1v) is 5.56. The Hall–Kier alpha value is -1.88. The Morgan fingerprint density at radius 3 is 3.00 bits per heavy atom. The highest BCUT2D eigenvalue weighted by Crippen LogP contribution is 2.19. The maximum atomic E-state index is 11.5. The molecule has 90 valence electrons. The number of hydrogen-bond donors (Lipinski definition) is 2. The molecule has 17 heavy (non-hydrogen) atoms. The highest BCUT2D eigenvalue weighted by Gasteiger charge is 2.08. The van der Waals surface area contributed by atoms with Crippen LogP contribution in [0.3, 0.4) is 0 Å². The quantitative estimate of drug-likeness (QED) is 0.838. The van der Waals surface area contributed by atoms with E-state index in [4.69, 9.17) is 4.42 Å². The van der Waals surface area contributed by atoms with E-state index in [1.807, 2.05) is 13.8 Å². The molecule has 2 aromatic rings. The topological polar surface area (TPSA) is 70.9 Å². The molecule has 0 radical (unpaired) electrons. The second kappa shape index (κ2) is 4.97. The van der Waals surface area contributed by atoms with Gasteiger partial charge in [-0.3, -0.25) is 4.79 Å². The number of aryl methyl sites for hydroxylation is 1. The number of rotatable bonds is 4. The van der Waals surface area contributed by atoms with Gasteiger partial charge in [0.2, 0.25) is 0 Å². The van der Waals surface area contributed by atoms with E-state index in [1.54, 1.807) is 12.3 Å². The van der Waals surface area contributed by atoms with E-state index in [0.29, 0.717) is 12.4 Å². The molecule has 5 heteroatoms. The zero-order chi connectivity index (χ0) is 12.3. The zero-order valence-corrected chi connectivity index (χ0v) is 9.91. The molecule has 0 unspecified atom stereocenters. The van der Waals surface area contributed by atoms with Crippen LogP contribution in [0.5, 0.6) is 0 Å². The highest BCUT2D eigenvalue weighted by molar-refractivity contribution is 5.56. The molecule has 0 bridgehead atoms. The third-order valence-corrected chi connectivity index (χ3v) is 2.46. The summed E-state index contributed by atoms with van der Waals surface area (Å²) in [7, 11) is 0. The lowest BCUT2D eigenvalue weighted by atomic mass is 10.2. The van der Waals surface area contributed by atoms with Crippen LogP contribution in [-0.2, 0) is 6.54 Å². The second-order valence-corrected chi connectivity index (χ2v) is 3.76. The van der Waals surface area contributed by atoms with Gasteiger partial charge in [0.15, 0.2) is 0 Å². The van der Waals surface area contributed by atoms with E-state index in [1.165, 1.54) is 6.07 Å². The summed E-state index contributed by atoms with van der Waals surface area (Å²) < 4.78 is 5.20. The van der Waals surface area contributed by atoms with Gasteiger partial charge in [-0.1, -0.05) is 6.92 Å². The molecule has 0 aliphatic heterocycles. The number of nitrogens with zero attached hydrogens (tertiary/aromatic N) is 1. The minimum absolute atomic E-state index is 0.150. The molecular weight excluding hydrogens is 218 g/mol. The highest BCUT2D eigenvalue weighted by atomic mass is 16.3. The van der Waals surface area contributed by atoms with Crippen molar-refractivity contribution in [2.45, 2.75) is 20.4 Å². The lowest BCUT2D eigenvalue weighted by molar-refractivity contribution is 0.535. The lowest BCUT2D eigenvalue weighted by Gasteiger charge is -2.03. The van der Waals surface area contributed by atoms with Crippen molar-refractivity contribution in [3.8, 4) is 11.4 Å². The molecule has 0 fully saturated rings.